The molecule has 2 rings (SSSR count). The number of benzene rings is 1. The molecular weight excluding hydrogens is 344 g/mol. The van der Waals surface area contributed by atoms with Gasteiger partial charge in [0, 0.05) is 31.8 Å². The quantitative estimate of drug-likeness (QED) is 0.675. The van der Waals surface area contributed by atoms with E-state index in [-0.39, 0.29) is 12.0 Å². The Hall–Kier alpha value is -1.34. The minimum atomic E-state index is -0.0599. The lowest BCUT2D eigenvalue weighted by atomic mass is 10.1. The van der Waals surface area contributed by atoms with Crippen molar-refractivity contribution in [1.82, 2.24) is 4.90 Å². The highest BCUT2D eigenvalue weighted by Crippen LogP contribution is 2.26. The molecule has 0 aromatic heterocycles. The molecule has 1 amide bonds. The number of nitrogens with two attached hydrogens (primary N) is 1. The summed E-state index contributed by atoms with van der Waals surface area (Å²) in [7, 11) is 1.61. The van der Waals surface area contributed by atoms with Gasteiger partial charge in [0.2, 0.25) is 0 Å². The molecule has 1 aliphatic rings. The first-order valence-electron chi connectivity index (χ1n) is 8.68. The molecule has 140 valence electrons. The highest BCUT2D eigenvalue weighted by molar-refractivity contribution is 6.31. The largest absolute Gasteiger partial charge is 0.490 e. The van der Waals surface area contributed by atoms with Gasteiger partial charge in [-0.05, 0) is 44.0 Å². The number of nitrogens with zero attached hydrogens (tertiary/aromatic N) is 1. The third kappa shape index (κ3) is 6.15. The fourth-order valence-electron chi connectivity index (χ4n) is 2.76. The molecule has 1 aromatic rings. The van der Waals surface area contributed by atoms with Crippen LogP contribution in [0.1, 0.15) is 29.6 Å². The Bertz CT molecular complexity index is 548. The predicted molar refractivity (Wildman–Crippen MR) is 97.4 cm³/mol. The van der Waals surface area contributed by atoms with Crippen molar-refractivity contribution < 1.29 is 19.0 Å². The van der Waals surface area contributed by atoms with Gasteiger partial charge in [-0.15, -0.1) is 0 Å². The lowest BCUT2D eigenvalue weighted by Crippen LogP contribution is -2.41. The standard InChI is InChI=1S/C18H27ClN2O4/c1-23-11-12-25-17-4-3-14(19)13-16(17)18(22)21-8-5-15(6-9-21)24-10-2-7-20/h3-4,13,15H,2,5-12,20H2,1H3. The summed E-state index contributed by atoms with van der Waals surface area (Å²) >= 11 is 6.07. The van der Waals surface area contributed by atoms with Crippen LogP contribution in [0.25, 0.3) is 0 Å². The minimum absolute atomic E-state index is 0.0599. The van der Waals surface area contributed by atoms with Gasteiger partial charge in [-0.2, -0.15) is 0 Å². The first-order valence-corrected chi connectivity index (χ1v) is 9.05. The number of piperidine rings is 1. The van der Waals surface area contributed by atoms with Crippen LogP contribution in [0.3, 0.4) is 0 Å². The second kappa shape index (κ2) is 10.6. The van der Waals surface area contributed by atoms with E-state index in [0.717, 1.165) is 19.3 Å². The van der Waals surface area contributed by atoms with Gasteiger partial charge in [-0.1, -0.05) is 11.6 Å². The smallest absolute Gasteiger partial charge is 0.257 e. The molecule has 7 heteroatoms. The van der Waals surface area contributed by atoms with Gasteiger partial charge in [-0.25, -0.2) is 0 Å². The minimum Gasteiger partial charge on any atom is -0.490 e. The highest BCUT2D eigenvalue weighted by Gasteiger charge is 2.26. The summed E-state index contributed by atoms with van der Waals surface area (Å²) in [4.78, 5) is 14.7. The molecule has 1 aliphatic heterocycles. The summed E-state index contributed by atoms with van der Waals surface area (Å²) in [5, 5.41) is 0.516. The molecule has 0 bridgehead atoms. The van der Waals surface area contributed by atoms with Crippen molar-refractivity contribution in [3.63, 3.8) is 0 Å². The van der Waals surface area contributed by atoms with Crippen LogP contribution in [0.15, 0.2) is 18.2 Å². The van der Waals surface area contributed by atoms with E-state index < -0.39 is 0 Å². The Morgan fingerprint density at radius 1 is 1.28 bits per heavy atom. The molecular formula is C18H27ClN2O4. The van der Waals surface area contributed by atoms with Crippen LogP contribution in [0.4, 0.5) is 0 Å². The molecule has 0 saturated carbocycles. The number of halogens is 1. The summed E-state index contributed by atoms with van der Waals surface area (Å²) in [6.07, 6.45) is 2.73. The zero-order chi connectivity index (χ0) is 18.1. The van der Waals surface area contributed by atoms with E-state index in [4.69, 9.17) is 31.5 Å². The third-order valence-corrected chi connectivity index (χ3v) is 4.38. The van der Waals surface area contributed by atoms with E-state index in [1.54, 1.807) is 25.3 Å². The Balaban J connectivity index is 1.95. The van der Waals surface area contributed by atoms with Crippen molar-refractivity contribution in [3.05, 3.63) is 28.8 Å². The van der Waals surface area contributed by atoms with Gasteiger partial charge < -0.3 is 24.8 Å². The normalized spacial score (nSPS) is 15.4. The summed E-state index contributed by atoms with van der Waals surface area (Å²) in [5.41, 5.74) is 5.97. The number of ether oxygens (including phenoxy) is 3. The van der Waals surface area contributed by atoms with E-state index >= 15 is 0 Å². The van der Waals surface area contributed by atoms with Crippen molar-refractivity contribution in [2.24, 2.45) is 5.73 Å². The van der Waals surface area contributed by atoms with E-state index in [1.165, 1.54) is 0 Å². The zero-order valence-corrected chi connectivity index (χ0v) is 15.5. The maximum atomic E-state index is 12.9. The lowest BCUT2D eigenvalue weighted by Gasteiger charge is -2.32. The monoisotopic (exact) mass is 370 g/mol. The zero-order valence-electron chi connectivity index (χ0n) is 14.7. The van der Waals surface area contributed by atoms with Crippen molar-refractivity contribution in [2.45, 2.75) is 25.4 Å². The number of hydrogen-bond acceptors (Lipinski definition) is 5. The van der Waals surface area contributed by atoms with Gasteiger partial charge in [0.05, 0.1) is 18.3 Å². The summed E-state index contributed by atoms with van der Waals surface area (Å²) in [5.74, 6) is 0.475. The Kier molecular flexibility index (Phi) is 8.48. The topological polar surface area (TPSA) is 74.0 Å². The number of amides is 1. The fourth-order valence-corrected chi connectivity index (χ4v) is 2.93. The van der Waals surface area contributed by atoms with Crippen LogP contribution in [0.2, 0.25) is 5.02 Å². The maximum absolute atomic E-state index is 12.9. The second-order valence-corrected chi connectivity index (χ2v) is 6.42. The second-order valence-electron chi connectivity index (χ2n) is 5.99. The molecule has 6 nitrogen and oxygen atoms in total. The van der Waals surface area contributed by atoms with Crippen LogP contribution in [-0.4, -0.2) is 63.5 Å². The summed E-state index contributed by atoms with van der Waals surface area (Å²) in [6, 6.07) is 5.11. The third-order valence-electron chi connectivity index (χ3n) is 4.15. The molecule has 0 spiro atoms. The molecule has 25 heavy (non-hydrogen) atoms. The molecule has 1 aromatic carbocycles. The molecule has 1 fully saturated rings. The summed E-state index contributed by atoms with van der Waals surface area (Å²) < 4.78 is 16.4. The number of likely N-dealkylation sites (tertiary alicyclic amines) is 1. The van der Waals surface area contributed by atoms with Gasteiger partial charge in [-0.3, -0.25) is 4.79 Å². The van der Waals surface area contributed by atoms with E-state index in [9.17, 15) is 4.79 Å². The van der Waals surface area contributed by atoms with Crippen LogP contribution < -0.4 is 10.5 Å². The Morgan fingerprint density at radius 3 is 2.72 bits per heavy atom. The first-order chi connectivity index (χ1) is 12.2. The fraction of sp³-hybridized carbons (Fsp3) is 0.611. The molecule has 0 aliphatic carbocycles. The number of carbonyl (C=O) groups excluding carboxylic acids is 1. The molecule has 2 N–H and O–H groups in total. The van der Waals surface area contributed by atoms with Crippen molar-refractivity contribution in [2.75, 3.05) is 46.6 Å². The van der Waals surface area contributed by atoms with Crippen molar-refractivity contribution in [3.8, 4) is 5.75 Å². The number of methoxy groups -OCH3 is 1. The van der Waals surface area contributed by atoms with Gasteiger partial charge in [0.25, 0.3) is 5.91 Å². The van der Waals surface area contributed by atoms with Crippen LogP contribution in [0.5, 0.6) is 5.75 Å². The van der Waals surface area contributed by atoms with Crippen LogP contribution >= 0.6 is 11.6 Å². The van der Waals surface area contributed by atoms with E-state index in [2.05, 4.69) is 0 Å². The van der Waals surface area contributed by atoms with Crippen molar-refractivity contribution >= 4 is 17.5 Å². The first kappa shape index (κ1) is 20.0. The van der Waals surface area contributed by atoms with Crippen LogP contribution in [0, 0.1) is 0 Å². The molecule has 1 saturated heterocycles. The van der Waals surface area contributed by atoms with Crippen LogP contribution in [-0.2, 0) is 9.47 Å². The average molecular weight is 371 g/mol. The molecule has 0 radical (unpaired) electrons. The number of carbonyl (C=O) groups is 1. The van der Waals surface area contributed by atoms with E-state index in [1.807, 2.05) is 4.90 Å². The SMILES string of the molecule is COCCOc1ccc(Cl)cc1C(=O)N1CCC(OCCCN)CC1. The van der Waals surface area contributed by atoms with Gasteiger partial charge in [0.15, 0.2) is 0 Å². The maximum Gasteiger partial charge on any atom is 0.257 e. The van der Waals surface area contributed by atoms with Gasteiger partial charge in [0.1, 0.15) is 12.4 Å². The molecule has 0 atom stereocenters. The Morgan fingerprint density at radius 2 is 2.04 bits per heavy atom. The summed E-state index contributed by atoms with van der Waals surface area (Å²) in [6.45, 7) is 3.49. The number of hydrogen-bond donors (Lipinski definition) is 1. The van der Waals surface area contributed by atoms with Gasteiger partial charge >= 0.3 is 0 Å². The predicted octanol–water partition coefficient (Wildman–Crippen LogP) is 2.34. The molecule has 1 heterocycles. The van der Waals surface area contributed by atoms with Crippen molar-refractivity contribution in [1.29, 1.82) is 0 Å². The molecule has 0 unspecified atom stereocenters. The average Bonchev–Trinajstić information content (AvgIpc) is 2.63. The lowest BCUT2D eigenvalue weighted by molar-refractivity contribution is 0.00834. The number of rotatable bonds is 9. The highest BCUT2D eigenvalue weighted by atomic mass is 35.5. The Labute approximate surface area is 154 Å². The van der Waals surface area contributed by atoms with E-state index in [0.29, 0.717) is 55.8 Å².